The van der Waals surface area contributed by atoms with Gasteiger partial charge in [-0.25, -0.2) is 4.98 Å². The number of methoxy groups -OCH3 is 1. The van der Waals surface area contributed by atoms with E-state index in [2.05, 4.69) is 15.3 Å². The van der Waals surface area contributed by atoms with Crippen molar-refractivity contribution in [2.24, 2.45) is 0 Å². The first kappa shape index (κ1) is 12.4. The minimum Gasteiger partial charge on any atom is -0.382 e. The molecule has 1 heterocycles. The number of hydrogen-bond donors (Lipinski definition) is 2. The summed E-state index contributed by atoms with van der Waals surface area (Å²) in [5, 5.41) is 3.16. The minimum atomic E-state index is -0.254. The van der Waals surface area contributed by atoms with Gasteiger partial charge in [0.05, 0.1) is 18.5 Å². The first-order chi connectivity index (χ1) is 6.96. The summed E-state index contributed by atoms with van der Waals surface area (Å²) in [5.74, 6) is 0.585. The fraction of sp³-hybridized carbons (Fsp3) is 0.556. The summed E-state index contributed by atoms with van der Waals surface area (Å²) >= 11 is 1.96. The maximum atomic E-state index is 11.3. The maximum Gasteiger partial charge on any atom is 0.266 e. The van der Waals surface area contributed by atoms with E-state index < -0.39 is 0 Å². The normalized spacial score (nSPS) is 11.5. The molecule has 0 atom stereocenters. The highest BCUT2D eigenvalue weighted by molar-refractivity contribution is 14.1. The SMILES string of the molecule is COCC(C)(C)Nc1nc[nH]c(=O)c1I. The number of rotatable bonds is 4. The zero-order chi connectivity index (χ0) is 11.5. The molecule has 0 saturated heterocycles. The summed E-state index contributed by atoms with van der Waals surface area (Å²) in [5.41, 5.74) is -0.392. The molecule has 0 amide bonds. The van der Waals surface area contributed by atoms with E-state index in [4.69, 9.17) is 4.74 Å². The predicted octanol–water partition coefficient (Wildman–Crippen LogP) is 1.21. The summed E-state index contributed by atoms with van der Waals surface area (Å²) in [6, 6.07) is 0. The summed E-state index contributed by atoms with van der Waals surface area (Å²) in [6.45, 7) is 4.50. The van der Waals surface area contributed by atoms with Crippen molar-refractivity contribution >= 4 is 28.4 Å². The molecule has 84 valence electrons. The molecule has 15 heavy (non-hydrogen) atoms. The van der Waals surface area contributed by atoms with Gasteiger partial charge in [-0.3, -0.25) is 4.79 Å². The lowest BCUT2D eigenvalue weighted by Gasteiger charge is -2.26. The second-order valence-corrected chi connectivity index (χ2v) is 4.91. The number of ether oxygens (including phenoxy) is 1. The molecule has 1 aromatic rings. The molecule has 6 heteroatoms. The molecule has 5 nitrogen and oxygen atoms in total. The molecule has 0 aliphatic carbocycles. The second kappa shape index (κ2) is 4.93. The highest BCUT2D eigenvalue weighted by Crippen LogP contribution is 2.15. The van der Waals surface area contributed by atoms with E-state index in [1.807, 2.05) is 36.4 Å². The lowest BCUT2D eigenvalue weighted by molar-refractivity contribution is 0.158. The molecule has 0 aromatic carbocycles. The van der Waals surface area contributed by atoms with Gasteiger partial charge in [0.2, 0.25) is 0 Å². The smallest absolute Gasteiger partial charge is 0.266 e. The van der Waals surface area contributed by atoms with Gasteiger partial charge in [0, 0.05) is 7.11 Å². The zero-order valence-corrected chi connectivity index (χ0v) is 11.1. The van der Waals surface area contributed by atoms with E-state index in [0.29, 0.717) is 16.0 Å². The van der Waals surface area contributed by atoms with Crippen molar-refractivity contribution < 1.29 is 4.74 Å². The first-order valence-corrected chi connectivity index (χ1v) is 5.54. The number of anilines is 1. The van der Waals surface area contributed by atoms with Crippen molar-refractivity contribution in [3.05, 3.63) is 20.3 Å². The third kappa shape index (κ3) is 3.45. The van der Waals surface area contributed by atoms with Crippen LogP contribution in [-0.2, 0) is 4.74 Å². The van der Waals surface area contributed by atoms with Gasteiger partial charge >= 0.3 is 0 Å². The number of nitrogens with one attached hydrogen (secondary N) is 2. The summed E-state index contributed by atoms with van der Waals surface area (Å²) < 4.78 is 5.63. The number of halogens is 1. The lowest BCUT2D eigenvalue weighted by atomic mass is 10.1. The average Bonchev–Trinajstić information content (AvgIpc) is 2.12. The highest BCUT2D eigenvalue weighted by atomic mass is 127. The largest absolute Gasteiger partial charge is 0.382 e. The Balaban J connectivity index is 2.90. The van der Waals surface area contributed by atoms with Crippen molar-refractivity contribution in [2.75, 3.05) is 19.0 Å². The Bertz CT molecular complexity index is 389. The monoisotopic (exact) mass is 323 g/mol. The van der Waals surface area contributed by atoms with Crippen LogP contribution in [-0.4, -0.2) is 29.2 Å². The summed E-state index contributed by atoms with van der Waals surface area (Å²) in [7, 11) is 1.64. The van der Waals surface area contributed by atoms with E-state index >= 15 is 0 Å². The number of H-pyrrole nitrogens is 1. The van der Waals surface area contributed by atoms with E-state index in [0.717, 1.165) is 0 Å². The van der Waals surface area contributed by atoms with Crippen LogP contribution in [0.5, 0.6) is 0 Å². The van der Waals surface area contributed by atoms with Gasteiger partial charge < -0.3 is 15.0 Å². The Labute approximate surface area is 102 Å². The van der Waals surface area contributed by atoms with Crippen molar-refractivity contribution in [3.63, 3.8) is 0 Å². The van der Waals surface area contributed by atoms with Crippen molar-refractivity contribution in [1.29, 1.82) is 0 Å². The molecule has 2 N–H and O–H groups in total. The van der Waals surface area contributed by atoms with Crippen molar-refractivity contribution in [2.45, 2.75) is 19.4 Å². The maximum absolute atomic E-state index is 11.3. The van der Waals surface area contributed by atoms with Crippen LogP contribution in [0.3, 0.4) is 0 Å². The Morgan fingerprint density at radius 2 is 2.33 bits per heavy atom. The molecule has 0 spiro atoms. The van der Waals surface area contributed by atoms with Gasteiger partial charge in [-0.15, -0.1) is 0 Å². The summed E-state index contributed by atoms with van der Waals surface area (Å²) in [6.07, 6.45) is 1.38. The Morgan fingerprint density at radius 1 is 1.67 bits per heavy atom. The number of aromatic amines is 1. The van der Waals surface area contributed by atoms with Crippen LogP contribution in [0.15, 0.2) is 11.1 Å². The molecule has 1 rings (SSSR count). The number of hydrogen-bond acceptors (Lipinski definition) is 4. The summed E-state index contributed by atoms with van der Waals surface area (Å²) in [4.78, 5) is 17.9. The van der Waals surface area contributed by atoms with Crippen molar-refractivity contribution in [3.8, 4) is 0 Å². The molecule has 0 saturated carbocycles. The molecule has 0 bridgehead atoms. The molecule has 0 unspecified atom stereocenters. The molecule has 1 aromatic heterocycles. The van der Waals surface area contributed by atoms with E-state index in [1.165, 1.54) is 6.33 Å². The van der Waals surface area contributed by atoms with E-state index in [1.54, 1.807) is 7.11 Å². The number of aromatic nitrogens is 2. The van der Waals surface area contributed by atoms with Crippen molar-refractivity contribution in [1.82, 2.24) is 9.97 Å². The molecule has 0 fully saturated rings. The van der Waals surface area contributed by atoms with Crippen LogP contribution < -0.4 is 10.9 Å². The van der Waals surface area contributed by atoms with E-state index in [9.17, 15) is 4.79 Å². The second-order valence-electron chi connectivity index (χ2n) is 3.84. The van der Waals surface area contributed by atoms with Crippen LogP contribution in [0.25, 0.3) is 0 Å². The van der Waals surface area contributed by atoms with Crippen LogP contribution in [0, 0.1) is 3.57 Å². The Hall–Kier alpha value is -0.630. The van der Waals surface area contributed by atoms with Gasteiger partial charge in [-0.2, -0.15) is 0 Å². The van der Waals surface area contributed by atoms with Crippen LogP contribution in [0.4, 0.5) is 5.82 Å². The third-order valence-corrected chi connectivity index (χ3v) is 2.76. The Morgan fingerprint density at radius 3 is 2.93 bits per heavy atom. The van der Waals surface area contributed by atoms with Gasteiger partial charge in [-0.1, -0.05) is 0 Å². The topological polar surface area (TPSA) is 67.0 Å². The Kier molecular flexibility index (Phi) is 4.09. The third-order valence-electron chi connectivity index (χ3n) is 1.76. The molecule has 0 aliphatic heterocycles. The van der Waals surface area contributed by atoms with Gasteiger partial charge in [-0.05, 0) is 36.4 Å². The minimum absolute atomic E-state index is 0.138. The number of nitrogens with zero attached hydrogens (tertiary/aromatic N) is 1. The fourth-order valence-corrected chi connectivity index (χ4v) is 1.62. The predicted molar refractivity (Wildman–Crippen MR) is 67.2 cm³/mol. The fourth-order valence-electron chi connectivity index (χ4n) is 1.19. The van der Waals surface area contributed by atoms with E-state index in [-0.39, 0.29) is 11.1 Å². The molecule has 0 radical (unpaired) electrons. The van der Waals surface area contributed by atoms with Crippen LogP contribution in [0.2, 0.25) is 0 Å². The van der Waals surface area contributed by atoms with Crippen LogP contribution >= 0.6 is 22.6 Å². The highest BCUT2D eigenvalue weighted by Gasteiger charge is 2.19. The molecular formula is C9H14IN3O2. The molecular weight excluding hydrogens is 309 g/mol. The standard InChI is InChI=1S/C9H14IN3O2/c1-9(2,4-15-3)13-7-6(10)8(14)12-5-11-7/h5H,4H2,1-3H3,(H2,11,12,13,14). The van der Waals surface area contributed by atoms with Gasteiger partial charge in [0.25, 0.3) is 5.56 Å². The van der Waals surface area contributed by atoms with Gasteiger partial charge in [0.1, 0.15) is 9.39 Å². The lowest BCUT2D eigenvalue weighted by Crippen LogP contribution is -2.37. The average molecular weight is 323 g/mol. The first-order valence-electron chi connectivity index (χ1n) is 4.46. The zero-order valence-electron chi connectivity index (χ0n) is 8.93. The quantitative estimate of drug-likeness (QED) is 0.818. The van der Waals surface area contributed by atoms with Gasteiger partial charge in [0.15, 0.2) is 0 Å². The molecule has 0 aliphatic rings. The van der Waals surface area contributed by atoms with Crippen LogP contribution in [0.1, 0.15) is 13.8 Å².